The highest BCUT2D eigenvalue weighted by molar-refractivity contribution is 9.10. The normalized spacial score (nSPS) is 23.2. The topological polar surface area (TPSA) is 21.3 Å². The molecule has 0 bridgehead atoms. The van der Waals surface area contributed by atoms with Crippen LogP contribution in [0.3, 0.4) is 0 Å². The van der Waals surface area contributed by atoms with Gasteiger partial charge in [0.1, 0.15) is 0 Å². The van der Waals surface area contributed by atoms with Gasteiger partial charge in [0.15, 0.2) is 11.6 Å². The third-order valence-electron chi connectivity index (χ3n) is 2.88. The molecule has 0 amide bonds. The van der Waals surface area contributed by atoms with E-state index < -0.39 is 0 Å². The number of nitrogens with one attached hydrogen (secondary N) is 1. The number of hydrogen-bond donors (Lipinski definition) is 1. The molecule has 2 atom stereocenters. The predicted molar refractivity (Wildman–Crippen MR) is 65.1 cm³/mol. The van der Waals surface area contributed by atoms with Crippen LogP contribution < -0.4 is 10.1 Å². The van der Waals surface area contributed by atoms with Gasteiger partial charge in [-0.2, -0.15) is 0 Å². The van der Waals surface area contributed by atoms with Crippen LogP contribution in [0.5, 0.6) is 5.75 Å². The molecule has 88 valence electrons. The molecule has 0 radical (unpaired) electrons. The van der Waals surface area contributed by atoms with Gasteiger partial charge in [0.05, 0.1) is 6.61 Å². The summed E-state index contributed by atoms with van der Waals surface area (Å²) in [5.74, 6) is 1.32. The summed E-state index contributed by atoms with van der Waals surface area (Å²) >= 11 is 3.21. The van der Waals surface area contributed by atoms with Gasteiger partial charge in [0.2, 0.25) is 0 Å². The van der Waals surface area contributed by atoms with Crippen LogP contribution in [0.15, 0.2) is 22.7 Å². The molecule has 1 saturated carbocycles. The number of ether oxygens (including phenoxy) is 1. The molecule has 4 heteroatoms. The van der Waals surface area contributed by atoms with E-state index in [1.54, 1.807) is 12.1 Å². The van der Waals surface area contributed by atoms with Crippen molar-refractivity contribution in [2.45, 2.75) is 6.42 Å². The van der Waals surface area contributed by atoms with Crippen LogP contribution in [0.4, 0.5) is 4.39 Å². The third-order valence-corrected chi connectivity index (χ3v) is 3.38. The maximum Gasteiger partial charge on any atom is 0.166 e. The van der Waals surface area contributed by atoms with Gasteiger partial charge in [-0.3, -0.25) is 0 Å². The molecule has 2 nitrogen and oxygen atoms in total. The minimum Gasteiger partial charge on any atom is -0.490 e. The lowest BCUT2D eigenvalue weighted by Gasteiger charge is -2.07. The van der Waals surface area contributed by atoms with Crippen LogP contribution >= 0.6 is 15.9 Å². The van der Waals surface area contributed by atoms with Crippen LogP contribution in [0, 0.1) is 17.7 Å². The predicted octanol–water partition coefficient (Wildman–Crippen LogP) is 2.82. The van der Waals surface area contributed by atoms with Gasteiger partial charge in [-0.05, 0) is 50.0 Å². The minimum atomic E-state index is -0.305. The molecule has 0 saturated heterocycles. The zero-order valence-corrected chi connectivity index (χ0v) is 10.8. The molecule has 1 N–H and O–H groups in total. The Morgan fingerprint density at radius 1 is 1.50 bits per heavy atom. The minimum absolute atomic E-state index is 0.305. The zero-order valence-electron chi connectivity index (χ0n) is 9.17. The van der Waals surface area contributed by atoms with Crippen molar-refractivity contribution in [1.82, 2.24) is 5.32 Å². The second-order valence-corrected chi connectivity index (χ2v) is 5.11. The zero-order chi connectivity index (χ0) is 11.5. The number of benzene rings is 1. The Bertz CT molecular complexity index is 372. The molecule has 16 heavy (non-hydrogen) atoms. The van der Waals surface area contributed by atoms with Crippen LogP contribution in [-0.2, 0) is 0 Å². The highest BCUT2D eigenvalue weighted by Crippen LogP contribution is 2.38. The first-order chi connectivity index (χ1) is 7.70. The van der Waals surface area contributed by atoms with E-state index in [9.17, 15) is 4.39 Å². The van der Waals surface area contributed by atoms with Gasteiger partial charge < -0.3 is 10.1 Å². The Balaban J connectivity index is 1.82. The summed E-state index contributed by atoms with van der Waals surface area (Å²) in [5.41, 5.74) is 0. The van der Waals surface area contributed by atoms with Crippen LogP contribution in [0.25, 0.3) is 0 Å². The van der Waals surface area contributed by atoms with E-state index in [2.05, 4.69) is 21.2 Å². The molecule has 0 aliphatic heterocycles. The van der Waals surface area contributed by atoms with Crippen molar-refractivity contribution in [1.29, 1.82) is 0 Å². The van der Waals surface area contributed by atoms with E-state index in [0.29, 0.717) is 24.2 Å². The van der Waals surface area contributed by atoms with E-state index in [-0.39, 0.29) is 5.82 Å². The molecule has 1 aliphatic carbocycles. The monoisotopic (exact) mass is 287 g/mol. The largest absolute Gasteiger partial charge is 0.490 e. The molecule has 0 aromatic heterocycles. The van der Waals surface area contributed by atoms with E-state index in [1.165, 1.54) is 12.5 Å². The second-order valence-electron chi connectivity index (χ2n) is 4.20. The first-order valence-corrected chi connectivity index (χ1v) is 6.22. The van der Waals surface area contributed by atoms with Gasteiger partial charge in [-0.15, -0.1) is 0 Å². The standard InChI is InChI=1S/C12H15BrFNO/c1-15-6-8-4-9(8)7-16-12-3-2-10(13)5-11(12)14/h2-3,5,8-9,15H,4,6-7H2,1H3/t8-,9?/m1/s1. The van der Waals surface area contributed by atoms with Gasteiger partial charge >= 0.3 is 0 Å². The Kier molecular flexibility index (Phi) is 3.82. The SMILES string of the molecule is CNC[C@H]1CC1COc1ccc(Br)cc1F. The van der Waals surface area contributed by atoms with Gasteiger partial charge in [0, 0.05) is 4.47 Å². The van der Waals surface area contributed by atoms with Crippen LogP contribution in [-0.4, -0.2) is 20.2 Å². The highest BCUT2D eigenvalue weighted by Gasteiger charge is 2.36. The van der Waals surface area contributed by atoms with E-state index in [0.717, 1.165) is 11.0 Å². The van der Waals surface area contributed by atoms with E-state index in [1.807, 2.05) is 7.05 Å². The van der Waals surface area contributed by atoms with E-state index in [4.69, 9.17) is 4.74 Å². The molecule has 1 fully saturated rings. The van der Waals surface area contributed by atoms with Crippen molar-refractivity contribution in [3.63, 3.8) is 0 Å². The molecule has 1 aromatic carbocycles. The molecular weight excluding hydrogens is 273 g/mol. The second kappa shape index (κ2) is 5.15. The lowest BCUT2D eigenvalue weighted by Crippen LogP contribution is -2.12. The summed E-state index contributed by atoms with van der Waals surface area (Å²) in [6.45, 7) is 1.64. The average molecular weight is 288 g/mol. The molecule has 1 aromatic rings. The number of rotatable bonds is 5. The van der Waals surface area contributed by atoms with Crippen molar-refractivity contribution < 1.29 is 9.13 Å². The van der Waals surface area contributed by atoms with Gasteiger partial charge in [-0.25, -0.2) is 4.39 Å². The fraction of sp³-hybridized carbons (Fsp3) is 0.500. The molecular formula is C12H15BrFNO. The lowest BCUT2D eigenvalue weighted by molar-refractivity contribution is 0.277. The summed E-state index contributed by atoms with van der Waals surface area (Å²) in [7, 11) is 1.95. The summed E-state index contributed by atoms with van der Waals surface area (Å²) < 4.78 is 19.6. The maximum atomic E-state index is 13.4. The quantitative estimate of drug-likeness (QED) is 0.899. The van der Waals surface area contributed by atoms with Crippen molar-refractivity contribution in [2.24, 2.45) is 11.8 Å². The molecule has 0 spiro atoms. The van der Waals surface area contributed by atoms with Crippen molar-refractivity contribution in [2.75, 3.05) is 20.2 Å². The Morgan fingerprint density at radius 2 is 2.31 bits per heavy atom. The molecule has 1 aliphatic rings. The lowest BCUT2D eigenvalue weighted by atomic mass is 10.3. The fourth-order valence-corrected chi connectivity index (χ4v) is 2.15. The van der Waals surface area contributed by atoms with Gasteiger partial charge in [0.25, 0.3) is 0 Å². The Hall–Kier alpha value is -0.610. The average Bonchev–Trinajstić information content (AvgIpc) is 2.96. The van der Waals surface area contributed by atoms with Crippen LogP contribution in [0.2, 0.25) is 0 Å². The van der Waals surface area contributed by atoms with Crippen molar-refractivity contribution >= 4 is 15.9 Å². The smallest absolute Gasteiger partial charge is 0.166 e. The van der Waals surface area contributed by atoms with Crippen molar-refractivity contribution in [3.05, 3.63) is 28.5 Å². The highest BCUT2D eigenvalue weighted by atomic mass is 79.9. The third kappa shape index (κ3) is 2.95. The van der Waals surface area contributed by atoms with Crippen LogP contribution in [0.1, 0.15) is 6.42 Å². The summed E-state index contributed by atoms with van der Waals surface area (Å²) in [5, 5.41) is 3.14. The van der Waals surface area contributed by atoms with Crippen molar-refractivity contribution in [3.8, 4) is 5.75 Å². The number of halogens is 2. The first-order valence-electron chi connectivity index (χ1n) is 5.43. The molecule has 2 rings (SSSR count). The molecule has 1 unspecified atom stereocenters. The fourth-order valence-electron chi connectivity index (χ4n) is 1.82. The Morgan fingerprint density at radius 3 is 3.00 bits per heavy atom. The summed E-state index contributed by atoms with van der Waals surface area (Å²) in [6.07, 6.45) is 1.18. The summed E-state index contributed by atoms with van der Waals surface area (Å²) in [4.78, 5) is 0. The maximum absolute atomic E-state index is 13.4. The first kappa shape index (κ1) is 11.9. The number of hydrogen-bond acceptors (Lipinski definition) is 2. The van der Waals surface area contributed by atoms with E-state index >= 15 is 0 Å². The Labute approximate surface area is 103 Å². The van der Waals surface area contributed by atoms with Gasteiger partial charge in [-0.1, -0.05) is 15.9 Å². The summed E-state index contributed by atoms with van der Waals surface area (Å²) in [6, 6.07) is 4.87. The molecule has 0 heterocycles.